The number of carbonyl (C=O) groups excluding carboxylic acids is 1. The molecule has 0 saturated carbocycles. The van der Waals surface area contributed by atoms with E-state index in [0.717, 1.165) is 37.2 Å². The molecule has 2 aromatic carbocycles. The molecule has 1 saturated heterocycles. The SMILES string of the molecule is CN(C(=O)CN1CCC(COCc2ccc(F)cc2)CC1)c1ccccc1. The van der Waals surface area contributed by atoms with E-state index in [9.17, 15) is 9.18 Å². The normalized spacial score (nSPS) is 15.6. The van der Waals surface area contributed by atoms with E-state index < -0.39 is 0 Å². The number of para-hydroxylation sites is 1. The molecule has 2 aromatic rings. The lowest BCUT2D eigenvalue weighted by atomic mass is 9.98. The van der Waals surface area contributed by atoms with E-state index in [1.165, 1.54) is 12.1 Å². The number of likely N-dealkylation sites (tertiary alicyclic amines) is 1. The highest BCUT2D eigenvalue weighted by atomic mass is 19.1. The summed E-state index contributed by atoms with van der Waals surface area (Å²) in [6.07, 6.45) is 2.07. The van der Waals surface area contributed by atoms with E-state index >= 15 is 0 Å². The predicted molar refractivity (Wildman–Crippen MR) is 105 cm³/mol. The molecule has 1 fully saturated rings. The number of nitrogens with zero attached hydrogens (tertiary/aromatic N) is 2. The molecule has 27 heavy (non-hydrogen) atoms. The van der Waals surface area contributed by atoms with E-state index in [1.54, 1.807) is 17.0 Å². The molecule has 144 valence electrons. The van der Waals surface area contributed by atoms with E-state index in [1.807, 2.05) is 37.4 Å². The van der Waals surface area contributed by atoms with Crippen molar-refractivity contribution in [3.63, 3.8) is 0 Å². The summed E-state index contributed by atoms with van der Waals surface area (Å²) < 4.78 is 18.7. The quantitative estimate of drug-likeness (QED) is 0.745. The zero-order valence-corrected chi connectivity index (χ0v) is 15.8. The zero-order valence-electron chi connectivity index (χ0n) is 15.8. The highest BCUT2D eigenvalue weighted by molar-refractivity contribution is 5.94. The summed E-state index contributed by atoms with van der Waals surface area (Å²) in [5, 5.41) is 0. The maximum Gasteiger partial charge on any atom is 0.240 e. The molecule has 4 nitrogen and oxygen atoms in total. The lowest BCUT2D eigenvalue weighted by Gasteiger charge is -2.32. The van der Waals surface area contributed by atoms with Crippen molar-refractivity contribution >= 4 is 11.6 Å². The average molecular weight is 370 g/mol. The summed E-state index contributed by atoms with van der Waals surface area (Å²) in [5.74, 6) is 0.412. The Bertz CT molecular complexity index is 713. The van der Waals surface area contributed by atoms with Gasteiger partial charge in [-0.1, -0.05) is 30.3 Å². The summed E-state index contributed by atoms with van der Waals surface area (Å²) in [6, 6.07) is 16.2. The van der Waals surface area contributed by atoms with Gasteiger partial charge in [-0.05, 0) is 61.7 Å². The first-order valence-electron chi connectivity index (χ1n) is 9.48. The number of carbonyl (C=O) groups is 1. The Morgan fingerprint density at radius 3 is 2.44 bits per heavy atom. The third-order valence-corrected chi connectivity index (χ3v) is 5.12. The molecule has 1 aliphatic rings. The number of hydrogen-bond acceptors (Lipinski definition) is 3. The van der Waals surface area contributed by atoms with E-state index in [0.29, 0.717) is 25.7 Å². The second kappa shape index (κ2) is 9.62. The van der Waals surface area contributed by atoms with Gasteiger partial charge in [0.05, 0.1) is 13.2 Å². The number of amides is 1. The van der Waals surface area contributed by atoms with Crippen LogP contribution in [-0.4, -0.2) is 44.1 Å². The van der Waals surface area contributed by atoms with Crippen LogP contribution in [0.5, 0.6) is 0 Å². The highest BCUT2D eigenvalue weighted by Gasteiger charge is 2.22. The summed E-state index contributed by atoms with van der Waals surface area (Å²) in [5.41, 5.74) is 1.91. The first-order chi connectivity index (χ1) is 13.1. The summed E-state index contributed by atoms with van der Waals surface area (Å²) in [6.45, 7) is 3.51. The predicted octanol–water partition coefficient (Wildman–Crippen LogP) is 3.72. The Morgan fingerprint density at radius 2 is 1.78 bits per heavy atom. The maximum absolute atomic E-state index is 12.9. The number of rotatable bonds is 7. The number of benzene rings is 2. The Hall–Kier alpha value is -2.24. The minimum absolute atomic E-state index is 0.118. The Kier molecular flexibility index (Phi) is 6.96. The zero-order chi connectivity index (χ0) is 19.1. The van der Waals surface area contributed by atoms with E-state index in [2.05, 4.69) is 4.90 Å². The molecule has 0 unspecified atom stereocenters. The molecule has 1 heterocycles. The van der Waals surface area contributed by atoms with Crippen LogP contribution in [-0.2, 0) is 16.1 Å². The molecule has 0 N–H and O–H groups in total. The van der Waals surface area contributed by atoms with Crippen molar-refractivity contribution in [3.8, 4) is 0 Å². The van der Waals surface area contributed by atoms with Gasteiger partial charge >= 0.3 is 0 Å². The number of likely N-dealkylation sites (N-methyl/N-ethyl adjacent to an activating group) is 1. The third kappa shape index (κ3) is 5.88. The minimum Gasteiger partial charge on any atom is -0.376 e. The minimum atomic E-state index is -0.224. The van der Waals surface area contributed by atoms with Crippen molar-refractivity contribution in [3.05, 3.63) is 66.0 Å². The van der Waals surface area contributed by atoms with Gasteiger partial charge in [-0.15, -0.1) is 0 Å². The van der Waals surface area contributed by atoms with Crippen molar-refractivity contribution in [2.24, 2.45) is 5.92 Å². The monoisotopic (exact) mass is 370 g/mol. The van der Waals surface area contributed by atoms with Crippen LogP contribution in [0.1, 0.15) is 18.4 Å². The summed E-state index contributed by atoms with van der Waals surface area (Å²) in [7, 11) is 1.83. The van der Waals surface area contributed by atoms with Crippen LogP contribution in [0.2, 0.25) is 0 Å². The molecular weight excluding hydrogens is 343 g/mol. The first kappa shape index (κ1) is 19.5. The standard InChI is InChI=1S/C22H27FN2O2/c1-24(21-5-3-2-4-6-21)22(26)15-25-13-11-19(12-14-25)17-27-16-18-7-9-20(23)10-8-18/h2-10,19H,11-17H2,1H3. The first-order valence-corrected chi connectivity index (χ1v) is 9.48. The second-order valence-corrected chi connectivity index (χ2v) is 7.15. The van der Waals surface area contributed by atoms with Crippen LogP contribution in [0.4, 0.5) is 10.1 Å². The molecule has 1 amide bonds. The van der Waals surface area contributed by atoms with Gasteiger partial charge in [0.25, 0.3) is 0 Å². The van der Waals surface area contributed by atoms with Crippen molar-refractivity contribution in [2.45, 2.75) is 19.4 Å². The van der Waals surface area contributed by atoms with Gasteiger partial charge in [-0.25, -0.2) is 4.39 Å². The molecule has 5 heteroatoms. The van der Waals surface area contributed by atoms with Crippen molar-refractivity contribution < 1.29 is 13.9 Å². The van der Waals surface area contributed by atoms with Gasteiger partial charge < -0.3 is 9.64 Å². The number of halogens is 1. The Labute approximate surface area is 160 Å². The van der Waals surface area contributed by atoms with Gasteiger partial charge in [0.1, 0.15) is 5.82 Å². The van der Waals surface area contributed by atoms with Crippen LogP contribution in [0, 0.1) is 11.7 Å². The molecule has 0 aromatic heterocycles. The largest absolute Gasteiger partial charge is 0.376 e. The fourth-order valence-corrected chi connectivity index (χ4v) is 3.33. The van der Waals surface area contributed by atoms with E-state index in [4.69, 9.17) is 4.74 Å². The van der Waals surface area contributed by atoms with Crippen molar-refractivity contribution in [1.29, 1.82) is 0 Å². The molecule has 0 spiro atoms. The summed E-state index contributed by atoms with van der Waals surface area (Å²) in [4.78, 5) is 16.4. The summed E-state index contributed by atoms with van der Waals surface area (Å²) >= 11 is 0. The van der Waals surface area contributed by atoms with Crippen LogP contribution in [0.25, 0.3) is 0 Å². The molecule has 1 aliphatic heterocycles. The lowest BCUT2D eigenvalue weighted by Crippen LogP contribution is -2.42. The topological polar surface area (TPSA) is 32.8 Å². The van der Waals surface area contributed by atoms with Crippen LogP contribution in [0.3, 0.4) is 0 Å². The molecule has 0 radical (unpaired) electrons. The van der Waals surface area contributed by atoms with Gasteiger partial charge in [-0.2, -0.15) is 0 Å². The number of anilines is 1. The van der Waals surface area contributed by atoms with Gasteiger partial charge in [0.15, 0.2) is 0 Å². The lowest BCUT2D eigenvalue weighted by molar-refractivity contribution is -0.119. The van der Waals surface area contributed by atoms with Crippen LogP contribution >= 0.6 is 0 Å². The smallest absolute Gasteiger partial charge is 0.240 e. The van der Waals surface area contributed by atoms with Gasteiger partial charge in [0.2, 0.25) is 5.91 Å². The fourth-order valence-electron chi connectivity index (χ4n) is 3.33. The second-order valence-electron chi connectivity index (χ2n) is 7.15. The van der Waals surface area contributed by atoms with E-state index in [-0.39, 0.29) is 11.7 Å². The molecule has 3 rings (SSSR count). The molecular formula is C22H27FN2O2. The van der Waals surface area contributed by atoms with Crippen molar-refractivity contribution in [2.75, 3.05) is 38.2 Å². The van der Waals surface area contributed by atoms with Gasteiger partial charge in [0, 0.05) is 19.3 Å². The highest BCUT2D eigenvalue weighted by Crippen LogP contribution is 2.19. The Morgan fingerprint density at radius 1 is 1.11 bits per heavy atom. The molecule has 0 atom stereocenters. The number of piperidine rings is 1. The van der Waals surface area contributed by atoms with Crippen LogP contribution < -0.4 is 4.90 Å². The Balaban J connectivity index is 1.36. The maximum atomic E-state index is 12.9. The fraction of sp³-hybridized carbons (Fsp3) is 0.409. The van der Waals surface area contributed by atoms with Crippen molar-refractivity contribution in [1.82, 2.24) is 4.90 Å². The van der Waals surface area contributed by atoms with Gasteiger partial charge in [-0.3, -0.25) is 9.69 Å². The number of hydrogen-bond donors (Lipinski definition) is 0. The number of ether oxygens (including phenoxy) is 1. The third-order valence-electron chi connectivity index (χ3n) is 5.12. The molecule has 0 bridgehead atoms. The van der Waals surface area contributed by atoms with Crippen LogP contribution in [0.15, 0.2) is 54.6 Å². The average Bonchev–Trinajstić information content (AvgIpc) is 2.71. The molecule has 0 aliphatic carbocycles.